The third kappa shape index (κ3) is 8.77. The topological polar surface area (TPSA) is 260 Å². The van der Waals surface area contributed by atoms with Crippen molar-refractivity contribution >= 4 is 57.6 Å². The van der Waals surface area contributed by atoms with Crippen LogP contribution in [0.5, 0.6) is 11.5 Å². The highest BCUT2D eigenvalue weighted by atomic mass is 16.5. The van der Waals surface area contributed by atoms with Crippen LogP contribution in [0.15, 0.2) is 72.0 Å². The molecule has 19 heteroatoms. The van der Waals surface area contributed by atoms with E-state index in [1.54, 1.807) is 56.6 Å². The summed E-state index contributed by atoms with van der Waals surface area (Å²) in [7, 11) is 1.46. The molecule has 8 N–H and O–H groups in total. The number of carbonyl (C=O) groups is 4. The lowest BCUT2D eigenvalue weighted by Gasteiger charge is -2.15. The molecule has 7 rings (SSSR count). The van der Waals surface area contributed by atoms with Gasteiger partial charge in [0.1, 0.15) is 33.9 Å². The van der Waals surface area contributed by atoms with Gasteiger partial charge in [-0.25, -0.2) is 9.97 Å². The molecule has 4 aromatic heterocycles. The van der Waals surface area contributed by atoms with E-state index in [9.17, 15) is 19.2 Å². The van der Waals surface area contributed by atoms with Gasteiger partial charge < -0.3 is 35.8 Å². The number of nitrogens with two attached hydrogens (primary N) is 3. The predicted octanol–water partition coefficient (Wildman–Crippen LogP) is 4.73. The van der Waals surface area contributed by atoms with Crippen LogP contribution in [0.4, 0.5) is 11.9 Å². The number of benzene rings is 2. The molecule has 0 saturated carbocycles. The highest BCUT2D eigenvalue weighted by Gasteiger charge is 2.24. The van der Waals surface area contributed by atoms with Gasteiger partial charge in [-0.15, -0.1) is 0 Å². The van der Waals surface area contributed by atoms with Crippen LogP contribution in [0.2, 0.25) is 0 Å². The summed E-state index contributed by atoms with van der Waals surface area (Å²) in [6.45, 7) is 8.93. The average molecular weight is 844 g/mol. The summed E-state index contributed by atoms with van der Waals surface area (Å²) in [6.07, 6.45) is 9.79. The summed E-state index contributed by atoms with van der Waals surface area (Å²) in [5, 5.41) is 14.7. The summed E-state index contributed by atoms with van der Waals surface area (Å²) in [5.41, 5.74) is 23.5. The zero-order valence-corrected chi connectivity index (χ0v) is 35.2. The van der Waals surface area contributed by atoms with Gasteiger partial charge in [0.2, 0.25) is 23.7 Å². The van der Waals surface area contributed by atoms with E-state index in [0.717, 1.165) is 18.5 Å². The van der Waals surface area contributed by atoms with Crippen LogP contribution in [0, 0.1) is 13.8 Å². The Morgan fingerprint density at radius 2 is 1.23 bits per heavy atom. The Labute approximate surface area is 356 Å². The molecule has 0 spiro atoms. The van der Waals surface area contributed by atoms with E-state index in [1.165, 1.54) is 24.8 Å². The molecule has 1 aliphatic carbocycles. The summed E-state index contributed by atoms with van der Waals surface area (Å²) in [6, 6.07) is 9.57. The van der Waals surface area contributed by atoms with Gasteiger partial charge in [0.05, 0.1) is 36.1 Å². The van der Waals surface area contributed by atoms with Gasteiger partial charge in [-0.2, -0.15) is 10.2 Å². The highest BCUT2D eigenvalue weighted by Crippen LogP contribution is 2.33. The fraction of sp³-hybridized carbons (Fsp3) is 0.302. The molecule has 0 atom stereocenters. The fourth-order valence-corrected chi connectivity index (χ4v) is 7.38. The molecule has 0 unspecified atom stereocenters. The number of imidazole rings is 2. The van der Waals surface area contributed by atoms with E-state index in [2.05, 4.69) is 20.8 Å². The van der Waals surface area contributed by atoms with Crippen LogP contribution in [-0.2, 0) is 26.2 Å². The van der Waals surface area contributed by atoms with Gasteiger partial charge in [-0.05, 0) is 83.0 Å². The number of amides is 4. The third-order valence-electron chi connectivity index (χ3n) is 10.4. The largest absolute Gasteiger partial charge is 0.494 e. The molecular weight excluding hydrogens is 795 g/mol. The standard InChI is InChI=1S/C43H49N13O6/c1-6-55-32(18-24(3)51-55)40(59)49-42-47-30-20-27(38(45)57)22-34(61-5)36(30)53(42)15-8-9-16-54-37-31(48-43(54)50-41(60)33-19-25(4)52-56(33)7-2)21-28(39(46)58)23-35(37)62-17-14-26-10-12-29(44)13-11-26/h8-10,12,18-23H,6-7,11,13-17,44H2,1-5H3,(H2,45,57)(H2,46,58)(H,47,49,59)(H,48,50,60)/b9-8+. The van der Waals surface area contributed by atoms with E-state index >= 15 is 0 Å². The maximum atomic E-state index is 13.8. The van der Waals surface area contributed by atoms with Gasteiger partial charge in [0.25, 0.3) is 11.8 Å². The van der Waals surface area contributed by atoms with E-state index in [-0.39, 0.29) is 42.7 Å². The summed E-state index contributed by atoms with van der Waals surface area (Å²) < 4.78 is 18.8. The first kappa shape index (κ1) is 42.4. The molecule has 1 aliphatic rings. The Morgan fingerprint density at radius 1 is 0.726 bits per heavy atom. The molecule has 2 aromatic carbocycles. The third-order valence-corrected chi connectivity index (χ3v) is 10.4. The number of nitrogens with one attached hydrogen (secondary N) is 2. The second-order valence-electron chi connectivity index (χ2n) is 14.7. The number of hydrogen-bond acceptors (Lipinski definition) is 11. The van der Waals surface area contributed by atoms with Crippen LogP contribution in [-0.4, -0.2) is 76.0 Å². The van der Waals surface area contributed by atoms with Crippen molar-refractivity contribution < 1.29 is 28.7 Å². The van der Waals surface area contributed by atoms with Gasteiger partial charge in [-0.3, -0.25) is 39.2 Å². The van der Waals surface area contributed by atoms with Gasteiger partial charge in [0.15, 0.2) is 0 Å². The Bertz CT molecular complexity index is 2840. The van der Waals surface area contributed by atoms with Crippen LogP contribution in [0.25, 0.3) is 22.1 Å². The van der Waals surface area contributed by atoms with Crippen LogP contribution in [0.1, 0.15) is 86.2 Å². The minimum Gasteiger partial charge on any atom is -0.494 e. The number of ether oxygens (including phenoxy) is 2. The van der Waals surface area contributed by atoms with Crippen LogP contribution < -0.4 is 37.3 Å². The maximum Gasteiger partial charge on any atom is 0.276 e. The number of allylic oxidation sites excluding steroid dienone is 5. The maximum absolute atomic E-state index is 13.8. The zero-order valence-electron chi connectivity index (χ0n) is 35.2. The Kier molecular flexibility index (Phi) is 12.2. The molecule has 6 aromatic rings. The second-order valence-corrected chi connectivity index (χ2v) is 14.7. The van der Waals surface area contributed by atoms with Crippen molar-refractivity contribution in [2.45, 2.75) is 73.1 Å². The average Bonchev–Trinajstić information content (AvgIpc) is 4.01. The first-order valence-corrected chi connectivity index (χ1v) is 20.1. The van der Waals surface area contributed by atoms with Crippen molar-refractivity contribution in [3.63, 3.8) is 0 Å². The summed E-state index contributed by atoms with van der Waals surface area (Å²) in [4.78, 5) is 61.7. The first-order valence-electron chi connectivity index (χ1n) is 20.1. The van der Waals surface area contributed by atoms with Crippen molar-refractivity contribution in [2.75, 3.05) is 24.4 Å². The Hall–Kier alpha value is -7.70. The number of hydrogen-bond donors (Lipinski definition) is 5. The van der Waals surface area contributed by atoms with Gasteiger partial charge >= 0.3 is 0 Å². The zero-order chi connectivity index (χ0) is 44.2. The van der Waals surface area contributed by atoms with Crippen molar-refractivity contribution in [2.24, 2.45) is 17.2 Å². The van der Waals surface area contributed by atoms with Gasteiger partial charge in [-0.1, -0.05) is 23.8 Å². The summed E-state index contributed by atoms with van der Waals surface area (Å²) in [5.74, 6) is -1.18. The smallest absolute Gasteiger partial charge is 0.276 e. The predicted molar refractivity (Wildman–Crippen MR) is 233 cm³/mol. The number of methoxy groups -OCH3 is 1. The molecule has 0 fully saturated rings. The van der Waals surface area contributed by atoms with E-state index in [4.69, 9.17) is 36.6 Å². The molecule has 0 saturated heterocycles. The first-order chi connectivity index (χ1) is 29.8. The molecule has 0 aliphatic heterocycles. The van der Waals surface area contributed by atoms with Gasteiger partial charge in [0, 0.05) is 49.4 Å². The fourth-order valence-electron chi connectivity index (χ4n) is 7.38. The van der Waals surface area contributed by atoms with E-state index in [0.29, 0.717) is 75.9 Å². The van der Waals surface area contributed by atoms with Crippen molar-refractivity contribution in [3.05, 3.63) is 106 Å². The molecule has 0 bridgehead atoms. The number of rotatable bonds is 17. The van der Waals surface area contributed by atoms with Crippen LogP contribution in [0.3, 0.4) is 0 Å². The minimum atomic E-state index is -0.669. The normalized spacial score (nSPS) is 12.8. The molecule has 19 nitrogen and oxygen atoms in total. The molecule has 0 radical (unpaired) electrons. The van der Waals surface area contributed by atoms with Crippen LogP contribution >= 0.6 is 0 Å². The monoisotopic (exact) mass is 843 g/mol. The summed E-state index contributed by atoms with van der Waals surface area (Å²) >= 11 is 0. The number of primary amides is 2. The Balaban J connectivity index is 1.27. The number of nitrogens with zero attached hydrogens (tertiary/aromatic N) is 8. The number of fused-ring (bicyclic) bond motifs is 2. The number of carbonyl (C=O) groups excluding carboxylic acids is 4. The number of aromatic nitrogens is 8. The minimum absolute atomic E-state index is 0.159. The molecule has 4 amide bonds. The number of aryl methyl sites for hydroxylation is 4. The lowest BCUT2D eigenvalue weighted by atomic mass is 10.0. The Morgan fingerprint density at radius 3 is 1.68 bits per heavy atom. The second kappa shape index (κ2) is 17.9. The highest BCUT2D eigenvalue weighted by molar-refractivity contribution is 6.05. The molecule has 322 valence electrons. The SMILES string of the molecule is CCn1nc(C)cc1C(=O)Nc1nc2cc(C(N)=O)cc(OC)c2n1C/C=C/Cn1c(NC(=O)c2cc(C)nn2CC)nc2cc(C(N)=O)cc(OCCC3=CC=C(N)CC3)c21. The quantitative estimate of drug-likeness (QED) is 0.0784. The van der Waals surface area contributed by atoms with Crippen molar-refractivity contribution in [1.82, 2.24) is 38.7 Å². The van der Waals surface area contributed by atoms with Crippen molar-refractivity contribution in [3.8, 4) is 11.5 Å². The van der Waals surface area contributed by atoms with E-state index < -0.39 is 23.6 Å². The molecule has 4 heterocycles. The van der Waals surface area contributed by atoms with E-state index in [1.807, 2.05) is 38.2 Å². The number of anilines is 2. The van der Waals surface area contributed by atoms with Crippen molar-refractivity contribution in [1.29, 1.82) is 0 Å². The molecular formula is C43H49N13O6. The lowest BCUT2D eigenvalue weighted by Crippen LogP contribution is -2.20. The molecule has 62 heavy (non-hydrogen) atoms. The lowest BCUT2D eigenvalue weighted by molar-refractivity contribution is 0.0991.